The van der Waals surface area contributed by atoms with Crippen LogP contribution < -0.4 is 4.74 Å². The van der Waals surface area contributed by atoms with E-state index in [0.29, 0.717) is 5.56 Å². The van der Waals surface area contributed by atoms with Gasteiger partial charge in [0.1, 0.15) is 5.75 Å². The predicted octanol–water partition coefficient (Wildman–Crippen LogP) is 3.64. The largest absolute Gasteiger partial charge is 0.499 e. The number of rotatable bonds is 2. The highest BCUT2D eigenvalue weighted by Crippen LogP contribution is 2.38. The van der Waals surface area contributed by atoms with E-state index in [1.165, 1.54) is 26.0 Å². The van der Waals surface area contributed by atoms with Crippen LogP contribution in [0.25, 0.3) is 0 Å². The first-order valence-electron chi connectivity index (χ1n) is 4.26. The first kappa shape index (κ1) is 12.7. The second kappa shape index (κ2) is 3.92. The average Bonchev–Trinajstić information content (AvgIpc) is 2.09. The zero-order valence-electron chi connectivity index (χ0n) is 8.45. The smallest absolute Gasteiger partial charge is 0.425 e. The Balaban J connectivity index is 3.01. The zero-order valence-corrected chi connectivity index (χ0v) is 8.45. The Hall–Kier alpha value is -1.33. The van der Waals surface area contributed by atoms with Crippen LogP contribution in [0.4, 0.5) is 22.0 Å². The molecule has 0 atom stereocenters. The second-order valence-corrected chi connectivity index (χ2v) is 3.27. The molecule has 1 nitrogen and oxygen atoms in total. The van der Waals surface area contributed by atoms with Crippen molar-refractivity contribution in [3.8, 4) is 5.75 Å². The van der Waals surface area contributed by atoms with Crippen LogP contribution in [-0.2, 0) is 0 Å². The fourth-order valence-electron chi connectivity index (χ4n) is 0.937. The van der Waals surface area contributed by atoms with Crippen LogP contribution in [0.15, 0.2) is 12.1 Å². The van der Waals surface area contributed by atoms with Crippen molar-refractivity contribution in [2.75, 3.05) is 0 Å². The van der Waals surface area contributed by atoms with Gasteiger partial charge in [-0.05, 0) is 25.0 Å². The van der Waals surface area contributed by atoms with E-state index in [-0.39, 0.29) is 5.56 Å². The Morgan fingerprint density at radius 3 is 2.12 bits per heavy atom. The number of halogens is 5. The van der Waals surface area contributed by atoms with Crippen molar-refractivity contribution in [1.82, 2.24) is 0 Å². The van der Waals surface area contributed by atoms with Gasteiger partial charge in [0.15, 0.2) is 0 Å². The molecule has 0 amide bonds. The molecule has 0 unspecified atom stereocenters. The van der Waals surface area contributed by atoms with Gasteiger partial charge in [-0.3, -0.25) is 0 Å². The molecule has 0 aliphatic heterocycles. The fourth-order valence-corrected chi connectivity index (χ4v) is 0.937. The first-order chi connectivity index (χ1) is 7.13. The normalized spacial score (nSPS) is 12.7. The number of ether oxygens (including phenoxy) is 1. The lowest BCUT2D eigenvalue weighted by Gasteiger charge is -2.21. The Morgan fingerprint density at radius 1 is 1.06 bits per heavy atom. The van der Waals surface area contributed by atoms with Crippen LogP contribution in [0.2, 0.25) is 0 Å². The third-order valence-electron chi connectivity index (χ3n) is 1.81. The summed E-state index contributed by atoms with van der Waals surface area (Å²) in [4.78, 5) is 0. The maximum Gasteiger partial charge on any atom is 0.499 e. The van der Waals surface area contributed by atoms with Crippen molar-refractivity contribution in [3.05, 3.63) is 29.3 Å². The van der Waals surface area contributed by atoms with Gasteiger partial charge < -0.3 is 4.74 Å². The number of hydrogen-bond acceptors (Lipinski definition) is 1. The van der Waals surface area contributed by atoms with Gasteiger partial charge in [0.2, 0.25) is 0 Å². The van der Waals surface area contributed by atoms with Crippen LogP contribution in [0.3, 0.4) is 0 Å². The summed E-state index contributed by atoms with van der Waals surface area (Å²) >= 11 is 0. The Morgan fingerprint density at radius 2 is 1.62 bits per heavy atom. The zero-order chi connectivity index (χ0) is 12.6. The summed E-state index contributed by atoms with van der Waals surface area (Å²) in [5.74, 6) is -0.595. The van der Waals surface area contributed by atoms with Crippen molar-refractivity contribution in [2.45, 2.75) is 26.1 Å². The highest BCUT2D eigenvalue weighted by Gasteiger charge is 2.61. The van der Waals surface area contributed by atoms with Crippen LogP contribution in [0.5, 0.6) is 5.75 Å². The van der Waals surface area contributed by atoms with Gasteiger partial charge in [-0.15, -0.1) is 0 Å². The maximum atomic E-state index is 12.6. The molecule has 0 aliphatic rings. The van der Waals surface area contributed by atoms with E-state index in [4.69, 9.17) is 0 Å². The Bertz CT molecular complexity index is 383. The molecule has 0 aliphatic carbocycles. The van der Waals surface area contributed by atoms with Gasteiger partial charge in [0.25, 0.3) is 0 Å². The molecular weight excluding hydrogens is 231 g/mol. The van der Waals surface area contributed by atoms with Crippen molar-refractivity contribution in [3.63, 3.8) is 0 Å². The molecule has 1 aromatic carbocycles. The summed E-state index contributed by atoms with van der Waals surface area (Å²) in [5.41, 5.74) is 0.577. The first-order valence-corrected chi connectivity index (χ1v) is 4.26. The van der Waals surface area contributed by atoms with Gasteiger partial charge in [0.05, 0.1) is 0 Å². The summed E-state index contributed by atoms with van der Waals surface area (Å²) in [5, 5.41) is 0. The van der Waals surface area contributed by atoms with Crippen molar-refractivity contribution in [1.29, 1.82) is 0 Å². The van der Waals surface area contributed by atoms with Gasteiger partial charge >= 0.3 is 12.3 Å². The summed E-state index contributed by atoms with van der Waals surface area (Å²) < 4.78 is 64.4. The highest BCUT2D eigenvalue weighted by atomic mass is 19.4. The van der Waals surface area contributed by atoms with E-state index in [1.54, 1.807) is 0 Å². The molecule has 0 heterocycles. The highest BCUT2D eigenvalue weighted by molar-refractivity contribution is 5.34. The fraction of sp³-hybridized carbons (Fsp3) is 0.400. The SMILES string of the molecule is Cc1[c]c(OC(F)(F)C(F)(F)F)c(C)cc1. The topological polar surface area (TPSA) is 9.23 Å². The van der Waals surface area contributed by atoms with Crippen molar-refractivity contribution in [2.24, 2.45) is 0 Å². The van der Waals surface area contributed by atoms with Crippen LogP contribution in [0.1, 0.15) is 11.1 Å². The molecule has 6 heteroatoms. The van der Waals surface area contributed by atoms with E-state index in [0.717, 1.165) is 0 Å². The van der Waals surface area contributed by atoms with E-state index in [2.05, 4.69) is 10.8 Å². The summed E-state index contributed by atoms with van der Waals surface area (Å²) in [7, 11) is 0. The third kappa shape index (κ3) is 2.62. The molecule has 89 valence electrons. The van der Waals surface area contributed by atoms with E-state index in [9.17, 15) is 22.0 Å². The lowest BCUT2D eigenvalue weighted by atomic mass is 10.1. The number of aryl methyl sites for hydroxylation is 2. The number of alkyl halides is 5. The van der Waals surface area contributed by atoms with Crippen molar-refractivity contribution < 1.29 is 26.7 Å². The lowest BCUT2D eigenvalue weighted by Crippen LogP contribution is -2.42. The van der Waals surface area contributed by atoms with E-state index >= 15 is 0 Å². The van der Waals surface area contributed by atoms with Gasteiger partial charge in [-0.25, -0.2) is 0 Å². The monoisotopic (exact) mass is 239 g/mol. The summed E-state index contributed by atoms with van der Waals surface area (Å²) in [6.07, 6.45) is -10.9. The molecule has 16 heavy (non-hydrogen) atoms. The van der Waals surface area contributed by atoms with Crippen LogP contribution in [0, 0.1) is 19.9 Å². The average molecular weight is 239 g/mol. The minimum absolute atomic E-state index is 0.162. The summed E-state index contributed by atoms with van der Waals surface area (Å²) in [6, 6.07) is 5.22. The van der Waals surface area contributed by atoms with Gasteiger partial charge in [-0.1, -0.05) is 12.1 Å². The minimum Gasteiger partial charge on any atom is -0.425 e. The van der Waals surface area contributed by atoms with Crippen molar-refractivity contribution >= 4 is 0 Å². The molecule has 0 bridgehead atoms. The summed E-state index contributed by atoms with van der Waals surface area (Å²) in [6.45, 7) is 2.87. The van der Waals surface area contributed by atoms with E-state index < -0.39 is 18.0 Å². The molecule has 0 saturated heterocycles. The number of benzene rings is 1. The molecule has 0 N–H and O–H groups in total. The molecule has 0 saturated carbocycles. The Kier molecular flexibility index (Phi) is 3.12. The molecular formula is C10H8F5O. The lowest BCUT2D eigenvalue weighted by molar-refractivity contribution is -0.360. The molecule has 1 rings (SSSR count). The second-order valence-electron chi connectivity index (χ2n) is 3.27. The Labute approximate surface area is 88.8 Å². The molecule has 1 aromatic rings. The van der Waals surface area contributed by atoms with Crippen LogP contribution in [-0.4, -0.2) is 12.3 Å². The number of hydrogen-bond donors (Lipinski definition) is 0. The molecule has 0 spiro atoms. The molecule has 0 fully saturated rings. The standard InChI is InChI=1S/C10H8F5O/c1-6-3-4-7(2)8(5-6)16-10(14,15)9(11,12)13/h3-4H,1-2H3. The van der Waals surface area contributed by atoms with Crippen LogP contribution >= 0.6 is 0 Å². The minimum atomic E-state index is -5.74. The molecule has 1 radical (unpaired) electrons. The quantitative estimate of drug-likeness (QED) is 0.716. The maximum absolute atomic E-state index is 12.6. The van der Waals surface area contributed by atoms with Gasteiger partial charge in [-0.2, -0.15) is 22.0 Å². The van der Waals surface area contributed by atoms with Gasteiger partial charge in [0, 0.05) is 6.07 Å². The third-order valence-corrected chi connectivity index (χ3v) is 1.81. The predicted molar refractivity (Wildman–Crippen MR) is 46.4 cm³/mol. The molecule has 0 aromatic heterocycles. The van der Waals surface area contributed by atoms with E-state index in [1.807, 2.05) is 0 Å².